The number of rotatable bonds is 3. The van der Waals surface area contributed by atoms with E-state index in [2.05, 4.69) is 22.4 Å². The molecule has 0 saturated carbocycles. The molecule has 1 aromatic heterocycles. The highest BCUT2D eigenvalue weighted by Crippen LogP contribution is 2.31. The predicted molar refractivity (Wildman–Crippen MR) is 98.8 cm³/mol. The van der Waals surface area contributed by atoms with E-state index in [0.717, 1.165) is 23.4 Å². The van der Waals surface area contributed by atoms with E-state index >= 15 is 0 Å². The molecule has 3 atom stereocenters. The number of aromatic nitrogens is 2. The Bertz CT molecular complexity index is 837. The van der Waals surface area contributed by atoms with Gasteiger partial charge in [0.15, 0.2) is 11.9 Å². The lowest BCUT2D eigenvalue weighted by molar-refractivity contribution is 0.0244. The summed E-state index contributed by atoms with van der Waals surface area (Å²) in [7, 11) is 1.77. The fraction of sp³-hybridized carbons (Fsp3) is 0.474. The molecule has 2 aliphatic heterocycles. The van der Waals surface area contributed by atoms with Crippen LogP contribution in [0.2, 0.25) is 0 Å². The first-order chi connectivity index (χ1) is 13.1. The van der Waals surface area contributed by atoms with Crippen LogP contribution in [-0.4, -0.2) is 53.2 Å². The van der Waals surface area contributed by atoms with Gasteiger partial charge in [0.25, 0.3) is 5.91 Å². The number of carbonyl (C=O) groups is 1. The molecule has 1 amide bonds. The number of ether oxygens (including phenoxy) is 2. The minimum Gasteiger partial charge on any atom is -0.489 e. The number of aliphatic hydroxyl groups excluding tert-OH is 1. The van der Waals surface area contributed by atoms with Gasteiger partial charge in [-0.2, -0.15) is 5.10 Å². The zero-order valence-corrected chi connectivity index (χ0v) is 15.4. The molecule has 4 rings (SSSR count). The molecule has 27 heavy (non-hydrogen) atoms. The Morgan fingerprint density at radius 1 is 1.44 bits per heavy atom. The number of nitrogens with one attached hydrogen (secondary N) is 2. The van der Waals surface area contributed by atoms with Crippen molar-refractivity contribution in [2.45, 2.75) is 44.7 Å². The molecule has 144 valence electrons. The molecule has 0 saturated heterocycles. The van der Waals surface area contributed by atoms with Crippen molar-refractivity contribution in [2.24, 2.45) is 0 Å². The van der Waals surface area contributed by atoms with Crippen molar-refractivity contribution in [3.8, 4) is 5.75 Å². The van der Waals surface area contributed by atoms with E-state index in [4.69, 9.17) is 9.47 Å². The normalized spacial score (nSPS) is 24.4. The first-order valence-corrected chi connectivity index (χ1v) is 9.19. The van der Waals surface area contributed by atoms with Gasteiger partial charge >= 0.3 is 0 Å². The number of anilines is 1. The maximum absolute atomic E-state index is 12.9. The minimum absolute atomic E-state index is 0.0917. The highest BCUT2D eigenvalue weighted by atomic mass is 16.5. The summed E-state index contributed by atoms with van der Waals surface area (Å²) in [4.78, 5) is 14.6. The zero-order chi connectivity index (χ0) is 19.0. The van der Waals surface area contributed by atoms with Crippen LogP contribution >= 0.6 is 0 Å². The largest absolute Gasteiger partial charge is 0.489 e. The molecule has 3 heterocycles. The van der Waals surface area contributed by atoms with E-state index in [9.17, 15) is 9.90 Å². The summed E-state index contributed by atoms with van der Waals surface area (Å²) in [6, 6.07) is 6.88. The van der Waals surface area contributed by atoms with Crippen LogP contribution in [0.4, 0.5) is 5.69 Å². The van der Waals surface area contributed by atoms with Crippen LogP contribution < -0.4 is 15.0 Å². The SMILES string of the molecule is CCC1Cc2c(C(=O)N[C@H]3COc4ccccc4N(C)C3O)n[nH]c2CO1. The second-order valence-corrected chi connectivity index (χ2v) is 6.96. The van der Waals surface area contributed by atoms with Gasteiger partial charge in [-0.15, -0.1) is 0 Å². The Hall–Kier alpha value is -2.58. The van der Waals surface area contributed by atoms with Crippen molar-refractivity contribution in [3.63, 3.8) is 0 Å². The van der Waals surface area contributed by atoms with Crippen LogP contribution in [0.1, 0.15) is 35.1 Å². The average molecular weight is 372 g/mol. The number of benzene rings is 1. The number of aromatic amines is 1. The lowest BCUT2D eigenvalue weighted by atomic mass is 10.0. The molecule has 0 fully saturated rings. The standard InChI is InChI=1S/C19H24N4O4/c1-3-11-8-12-13(9-26-11)21-22-17(12)18(24)20-14-10-27-16-7-5-4-6-15(16)23(2)19(14)25/h4-7,11,14,19,25H,3,8-10H2,1-2H3,(H,20,24)(H,21,22)/t11?,14-,19?/m0/s1. The van der Waals surface area contributed by atoms with Crippen molar-refractivity contribution < 1.29 is 19.4 Å². The summed E-state index contributed by atoms with van der Waals surface area (Å²) < 4.78 is 11.5. The van der Waals surface area contributed by atoms with Gasteiger partial charge in [-0.1, -0.05) is 19.1 Å². The van der Waals surface area contributed by atoms with Crippen LogP contribution in [0.15, 0.2) is 24.3 Å². The number of likely N-dealkylation sites (N-methyl/N-ethyl adjacent to an activating group) is 1. The van der Waals surface area contributed by atoms with Crippen LogP contribution in [0.5, 0.6) is 5.75 Å². The molecule has 2 aliphatic rings. The fourth-order valence-corrected chi connectivity index (χ4v) is 3.58. The summed E-state index contributed by atoms with van der Waals surface area (Å²) >= 11 is 0. The molecule has 0 bridgehead atoms. The topological polar surface area (TPSA) is 99.7 Å². The highest BCUT2D eigenvalue weighted by Gasteiger charge is 2.33. The molecule has 3 N–H and O–H groups in total. The van der Waals surface area contributed by atoms with Crippen molar-refractivity contribution in [1.29, 1.82) is 0 Å². The first kappa shape index (κ1) is 17.8. The zero-order valence-electron chi connectivity index (χ0n) is 15.4. The molecular weight excluding hydrogens is 348 g/mol. The monoisotopic (exact) mass is 372 g/mol. The third-order valence-electron chi connectivity index (χ3n) is 5.26. The van der Waals surface area contributed by atoms with Crippen LogP contribution in [0, 0.1) is 0 Å². The molecular formula is C19H24N4O4. The number of carbonyl (C=O) groups excluding carboxylic acids is 1. The second-order valence-electron chi connectivity index (χ2n) is 6.96. The number of aliphatic hydroxyl groups is 1. The minimum atomic E-state index is -0.918. The molecule has 8 nitrogen and oxygen atoms in total. The van der Waals surface area contributed by atoms with Gasteiger partial charge in [-0.3, -0.25) is 9.89 Å². The molecule has 2 aromatic rings. The average Bonchev–Trinajstić information content (AvgIpc) is 3.08. The maximum Gasteiger partial charge on any atom is 0.272 e. The summed E-state index contributed by atoms with van der Waals surface area (Å²) in [5.41, 5.74) is 2.88. The Balaban J connectivity index is 1.52. The third kappa shape index (κ3) is 3.26. The van der Waals surface area contributed by atoms with Crippen molar-refractivity contribution >= 4 is 11.6 Å². The maximum atomic E-state index is 12.9. The third-order valence-corrected chi connectivity index (χ3v) is 5.26. The molecule has 0 aliphatic carbocycles. The summed E-state index contributed by atoms with van der Waals surface area (Å²) in [6.07, 6.45) is 0.706. The van der Waals surface area contributed by atoms with E-state index < -0.39 is 12.3 Å². The highest BCUT2D eigenvalue weighted by molar-refractivity contribution is 5.94. The molecule has 1 aromatic carbocycles. The number of H-pyrrole nitrogens is 1. The van der Waals surface area contributed by atoms with E-state index in [0.29, 0.717) is 24.5 Å². The number of para-hydroxylation sites is 2. The predicted octanol–water partition coefficient (Wildman–Crippen LogP) is 1.21. The van der Waals surface area contributed by atoms with Crippen molar-refractivity contribution in [1.82, 2.24) is 15.5 Å². The Morgan fingerprint density at radius 2 is 2.26 bits per heavy atom. The van der Waals surface area contributed by atoms with Gasteiger partial charge in [0.2, 0.25) is 0 Å². The fourth-order valence-electron chi connectivity index (χ4n) is 3.58. The Labute approximate surface area is 157 Å². The molecule has 0 radical (unpaired) electrons. The van der Waals surface area contributed by atoms with Gasteiger partial charge in [-0.25, -0.2) is 0 Å². The van der Waals surface area contributed by atoms with Gasteiger partial charge < -0.3 is 24.8 Å². The van der Waals surface area contributed by atoms with Crippen molar-refractivity contribution in [3.05, 3.63) is 41.2 Å². The molecule has 0 spiro atoms. The van der Waals surface area contributed by atoms with Gasteiger partial charge in [0, 0.05) is 19.0 Å². The lowest BCUT2D eigenvalue weighted by Gasteiger charge is -2.29. The smallest absolute Gasteiger partial charge is 0.272 e. The number of nitrogens with zero attached hydrogens (tertiary/aromatic N) is 2. The summed E-state index contributed by atoms with van der Waals surface area (Å²) in [6.45, 7) is 2.66. The lowest BCUT2D eigenvalue weighted by Crippen LogP contribution is -2.52. The van der Waals surface area contributed by atoms with Gasteiger partial charge in [0.05, 0.1) is 24.1 Å². The van der Waals surface area contributed by atoms with Crippen LogP contribution in [0.3, 0.4) is 0 Å². The van der Waals surface area contributed by atoms with Gasteiger partial charge in [-0.05, 0) is 18.6 Å². The van der Waals surface area contributed by atoms with Crippen molar-refractivity contribution in [2.75, 3.05) is 18.6 Å². The summed E-state index contributed by atoms with van der Waals surface area (Å²) in [5, 5.41) is 20.7. The number of fused-ring (bicyclic) bond motifs is 2. The Kier molecular flexibility index (Phi) is 4.75. The van der Waals surface area contributed by atoms with Gasteiger partial charge in [0.1, 0.15) is 18.4 Å². The van der Waals surface area contributed by atoms with E-state index in [1.807, 2.05) is 24.3 Å². The first-order valence-electron chi connectivity index (χ1n) is 9.19. The van der Waals surface area contributed by atoms with E-state index in [1.165, 1.54) is 0 Å². The number of hydrogen-bond acceptors (Lipinski definition) is 6. The van der Waals surface area contributed by atoms with E-state index in [-0.39, 0.29) is 18.6 Å². The van der Waals surface area contributed by atoms with E-state index in [1.54, 1.807) is 11.9 Å². The second kappa shape index (κ2) is 7.21. The Morgan fingerprint density at radius 3 is 3.07 bits per heavy atom. The quantitative estimate of drug-likeness (QED) is 0.749. The molecule has 2 unspecified atom stereocenters. The van der Waals surface area contributed by atoms with Crippen LogP contribution in [0.25, 0.3) is 0 Å². The number of hydrogen-bond donors (Lipinski definition) is 3. The number of amides is 1. The van der Waals surface area contributed by atoms with Crippen LogP contribution in [-0.2, 0) is 17.8 Å². The molecule has 8 heteroatoms. The summed E-state index contributed by atoms with van der Waals surface area (Å²) in [5.74, 6) is 0.354.